The monoisotopic (exact) mass is 416 g/mol. The predicted molar refractivity (Wildman–Crippen MR) is 106 cm³/mol. The molecule has 0 aliphatic heterocycles. The molecule has 29 heavy (non-hydrogen) atoms. The number of carbonyl (C=O) groups is 3. The fraction of sp³-hybridized carbons (Fsp3) is 0.211. The van der Waals surface area contributed by atoms with Crippen LogP contribution in [0.4, 0.5) is 5.69 Å². The van der Waals surface area contributed by atoms with Crippen molar-refractivity contribution in [3.63, 3.8) is 0 Å². The first-order valence-corrected chi connectivity index (χ1v) is 10.3. The van der Waals surface area contributed by atoms with Crippen molar-refractivity contribution in [1.82, 2.24) is 10.0 Å². The van der Waals surface area contributed by atoms with Crippen molar-refractivity contribution in [2.75, 3.05) is 11.9 Å². The summed E-state index contributed by atoms with van der Waals surface area (Å²) in [5, 5.41) is 5.01. The van der Waals surface area contributed by atoms with Crippen molar-refractivity contribution in [3.8, 4) is 0 Å². The highest BCUT2D eigenvalue weighted by atomic mass is 32.2. The maximum absolute atomic E-state index is 12.5. The summed E-state index contributed by atoms with van der Waals surface area (Å²) < 4.78 is 27.2. The summed E-state index contributed by atoms with van der Waals surface area (Å²) in [6.45, 7) is -0.272. The third-order valence-corrected chi connectivity index (χ3v) is 5.65. The molecule has 10 heteroatoms. The van der Waals surface area contributed by atoms with Crippen LogP contribution in [0.5, 0.6) is 0 Å². The number of rotatable bonds is 8. The molecular formula is C19H20N4O5S. The average Bonchev–Trinajstić information content (AvgIpc) is 3.50. The summed E-state index contributed by atoms with van der Waals surface area (Å²) in [4.78, 5) is 35.0. The Balaban J connectivity index is 1.66. The molecule has 1 fully saturated rings. The van der Waals surface area contributed by atoms with Crippen LogP contribution in [0.1, 0.15) is 33.6 Å². The molecular weight excluding hydrogens is 396 g/mol. The number of primary amides is 1. The summed E-state index contributed by atoms with van der Waals surface area (Å²) >= 11 is 0. The first-order valence-electron chi connectivity index (χ1n) is 8.85. The number of carbonyl (C=O) groups excluding carboxylic acids is 3. The molecule has 0 radical (unpaired) electrons. The lowest BCUT2D eigenvalue weighted by Crippen LogP contribution is -2.33. The topological polar surface area (TPSA) is 147 Å². The molecule has 0 bridgehead atoms. The van der Waals surface area contributed by atoms with Gasteiger partial charge in [-0.1, -0.05) is 6.07 Å². The van der Waals surface area contributed by atoms with Gasteiger partial charge in [-0.15, -0.1) is 0 Å². The molecule has 2 aromatic rings. The van der Waals surface area contributed by atoms with E-state index in [4.69, 9.17) is 5.73 Å². The largest absolute Gasteiger partial charge is 0.368 e. The molecule has 0 heterocycles. The van der Waals surface area contributed by atoms with Gasteiger partial charge < -0.3 is 16.4 Å². The van der Waals surface area contributed by atoms with Crippen LogP contribution in [0.15, 0.2) is 53.4 Å². The van der Waals surface area contributed by atoms with E-state index in [1.165, 1.54) is 48.5 Å². The summed E-state index contributed by atoms with van der Waals surface area (Å²) in [7, 11) is -3.66. The van der Waals surface area contributed by atoms with E-state index in [-0.39, 0.29) is 23.0 Å². The zero-order chi connectivity index (χ0) is 21.0. The standard InChI is InChI=1S/C19H20N4O5S/c20-17(24)11-21-18(25)12-4-6-14(7-5-12)22-19(26)13-2-1-3-16(10-13)29(27,28)23-15-8-9-15/h1-7,10,15,23H,8-9,11H2,(H2,20,24)(H,21,25)(H,22,26). The van der Waals surface area contributed by atoms with Crippen LogP contribution in [-0.2, 0) is 14.8 Å². The van der Waals surface area contributed by atoms with E-state index in [2.05, 4.69) is 15.4 Å². The average molecular weight is 416 g/mol. The number of nitrogens with two attached hydrogens (primary N) is 1. The molecule has 1 saturated carbocycles. The number of hydrogen-bond donors (Lipinski definition) is 4. The number of sulfonamides is 1. The normalized spacial score (nSPS) is 13.5. The molecule has 1 aliphatic rings. The van der Waals surface area contributed by atoms with Gasteiger partial charge in [0.2, 0.25) is 15.9 Å². The van der Waals surface area contributed by atoms with Crippen molar-refractivity contribution < 1.29 is 22.8 Å². The molecule has 152 valence electrons. The van der Waals surface area contributed by atoms with Crippen LogP contribution in [0.2, 0.25) is 0 Å². The minimum atomic E-state index is -3.66. The van der Waals surface area contributed by atoms with Crippen molar-refractivity contribution >= 4 is 33.4 Å². The smallest absolute Gasteiger partial charge is 0.255 e. The maximum atomic E-state index is 12.5. The summed E-state index contributed by atoms with van der Waals surface area (Å²) in [5.74, 6) is -1.61. The Kier molecular flexibility index (Phi) is 5.95. The Labute approximate surface area is 167 Å². The lowest BCUT2D eigenvalue weighted by Gasteiger charge is -2.09. The van der Waals surface area contributed by atoms with Crippen LogP contribution in [0.25, 0.3) is 0 Å². The van der Waals surface area contributed by atoms with Gasteiger partial charge in [-0.05, 0) is 55.3 Å². The van der Waals surface area contributed by atoms with Crippen molar-refractivity contribution in [2.24, 2.45) is 5.73 Å². The Morgan fingerprint density at radius 1 is 0.966 bits per heavy atom. The van der Waals surface area contributed by atoms with Crippen LogP contribution < -0.4 is 21.1 Å². The number of benzene rings is 2. The molecule has 0 unspecified atom stereocenters. The van der Waals surface area contributed by atoms with Crippen LogP contribution in [0.3, 0.4) is 0 Å². The minimum Gasteiger partial charge on any atom is -0.368 e. The van der Waals surface area contributed by atoms with E-state index in [9.17, 15) is 22.8 Å². The van der Waals surface area contributed by atoms with E-state index in [0.29, 0.717) is 11.3 Å². The molecule has 0 atom stereocenters. The molecule has 0 aromatic heterocycles. The molecule has 5 N–H and O–H groups in total. The van der Waals surface area contributed by atoms with E-state index >= 15 is 0 Å². The van der Waals surface area contributed by atoms with Crippen molar-refractivity contribution in [2.45, 2.75) is 23.8 Å². The highest BCUT2D eigenvalue weighted by Crippen LogP contribution is 2.22. The lowest BCUT2D eigenvalue weighted by molar-refractivity contribution is -0.117. The maximum Gasteiger partial charge on any atom is 0.255 e. The van der Waals surface area contributed by atoms with Gasteiger partial charge in [0.1, 0.15) is 0 Å². The second-order valence-electron chi connectivity index (χ2n) is 6.60. The Morgan fingerprint density at radius 2 is 1.66 bits per heavy atom. The van der Waals surface area contributed by atoms with E-state index in [1.807, 2.05) is 0 Å². The zero-order valence-electron chi connectivity index (χ0n) is 15.3. The minimum absolute atomic E-state index is 0.0264. The summed E-state index contributed by atoms with van der Waals surface area (Å²) in [6.07, 6.45) is 1.63. The van der Waals surface area contributed by atoms with Gasteiger partial charge in [-0.25, -0.2) is 13.1 Å². The highest BCUT2D eigenvalue weighted by molar-refractivity contribution is 7.89. The number of nitrogens with one attached hydrogen (secondary N) is 3. The van der Waals surface area contributed by atoms with Crippen LogP contribution >= 0.6 is 0 Å². The molecule has 1 aliphatic carbocycles. The van der Waals surface area contributed by atoms with E-state index in [1.54, 1.807) is 0 Å². The Morgan fingerprint density at radius 3 is 2.28 bits per heavy atom. The van der Waals surface area contributed by atoms with Gasteiger partial charge in [0.05, 0.1) is 11.4 Å². The van der Waals surface area contributed by atoms with Gasteiger partial charge >= 0.3 is 0 Å². The number of amides is 3. The first-order chi connectivity index (χ1) is 13.7. The first kappa shape index (κ1) is 20.5. The fourth-order valence-electron chi connectivity index (χ4n) is 2.47. The fourth-order valence-corrected chi connectivity index (χ4v) is 3.82. The lowest BCUT2D eigenvalue weighted by atomic mass is 10.1. The molecule has 3 amide bonds. The predicted octanol–water partition coefficient (Wildman–Crippen LogP) is 0.595. The van der Waals surface area contributed by atoms with Gasteiger partial charge in [0, 0.05) is 22.9 Å². The second kappa shape index (κ2) is 8.41. The molecule has 2 aromatic carbocycles. The third kappa shape index (κ3) is 5.62. The SMILES string of the molecule is NC(=O)CNC(=O)c1ccc(NC(=O)c2cccc(S(=O)(=O)NC3CC3)c2)cc1. The highest BCUT2D eigenvalue weighted by Gasteiger charge is 2.28. The van der Waals surface area contributed by atoms with Crippen LogP contribution in [0, 0.1) is 0 Å². The number of hydrogen-bond acceptors (Lipinski definition) is 5. The molecule has 0 saturated heterocycles. The summed E-state index contributed by atoms with van der Waals surface area (Å²) in [6, 6.07) is 11.7. The zero-order valence-corrected chi connectivity index (χ0v) is 16.2. The third-order valence-electron chi connectivity index (χ3n) is 4.13. The van der Waals surface area contributed by atoms with Gasteiger partial charge in [0.15, 0.2) is 0 Å². The Bertz CT molecular complexity index is 1050. The number of anilines is 1. The van der Waals surface area contributed by atoms with E-state index in [0.717, 1.165) is 12.8 Å². The van der Waals surface area contributed by atoms with Gasteiger partial charge in [-0.3, -0.25) is 14.4 Å². The van der Waals surface area contributed by atoms with Crippen molar-refractivity contribution in [3.05, 3.63) is 59.7 Å². The van der Waals surface area contributed by atoms with Gasteiger partial charge in [0.25, 0.3) is 11.8 Å². The molecule has 0 spiro atoms. The quantitative estimate of drug-likeness (QED) is 0.497. The molecule has 3 rings (SSSR count). The summed E-state index contributed by atoms with van der Waals surface area (Å²) in [5.41, 5.74) is 5.88. The van der Waals surface area contributed by atoms with Gasteiger partial charge in [-0.2, -0.15) is 0 Å². The van der Waals surface area contributed by atoms with Crippen LogP contribution in [-0.4, -0.2) is 38.7 Å². The molecule has 9 nitrogen and oxygen atoms in total. The van der Waals surface area contributed by atoms with Crippen molar-refractivity contribution in [1.29, 1.82) is 0 Å². The van der Waals surface area contributed by atoms with E-state index < -0.39 is 27.7 Å². The second-order valence-corrected chi connectivity index (χ2v) is 8.32. The Hall–Kier alpha value is -3.24.